The second-order valence-electron chi connectivity index (χ2n) is 3.76. The lowest BCUT2D eigenvalue weighted by molar-refractivity contribution is 0.282. The van der Waals surface area contributed by atoms with E-state index in [1.54, 1.807) is 31.2 Å². The van der Waals surface area contributed by atoms with E-state index >= 15 is 0 Å². The molecule has 2 rings (SSSR count). The van der Waals surface area contributed by atoms with Gasteiger partial charge in [0.1, 0.15) is 0 Å². The molecule has 8 heteroatoms. The number of sulfonamides is 1. The fraction of sp³-hybridized carbons (Fsp3) is 0.182. The number of nitrogens with zero attached hydrogens (tertiary/aromatic N) is 1. The van der Waals surface area contributed by atoms with E-state index in [-0.39, 0.29) is 15.3 Å². The summed E-state index contributed by atoms with van der Waals surface area (Å²) in [7, 11) is -3.75. The molecule has 19 heavy (non-hydrogen) atoms. The zero-order valence-corrected chi connectivity index (χ0v) is 12.3. The van der Waals surface area contributed by atoms with Gasteiger partial charge in [-0.2, -0.15) is 0 Å². The summed E-state index contributed by atoms with van der Waals surface area (Å²) in [5, 5.41) is 9.18. The van der Waals surface area contributed by atoms with Gasteiger partial charge in [-0.3, -0.25) is 4.72 Å². The molecule has 5 nitrogen and oxygen atoms in total. The van der Waals surface area contributed by atoms with Crippen molar-refractivity contribution in [1.82, 2.24) is 4.98 Å². The maximum Gasteiger partial charge on any atom is 0.273 e. The van der Waals surface area contributed by atoms with Crippen molar-refractivity contribution in [2.45, 2.75) is 17.7 Å². The van der Waals surface area contributed by atoms with E-state index in [9.17, 15) is 13.5 Å². The number of rotatable bonds is 4. The maximum atomic E-state index is 12.2. The molecule has 0 unspecified atom stereocenters. The molecule has 2 N–H and O–H groups in total. The average molecular weight is 319 g/mol. The molecule has 0 aliphatic carbocycles. The van der Waals surface area contributed by atoms with E-state index in [0.29, 0.717) is 16.9 Å². The predicted molar refractivity (Wildman–Crippen MR) is 75.0 cm³/mol. The Balaban J connectivity index is 2.39. The predicted octanol–water partition coefficient (Wildman–Crippen LogP) is 2.40. The Bertz CT molecular complexity index is 698. The largest absolute Gasteiger partial charge is 0.392 e. The van der Waals surface area contributed by atoms with Crippen LogP contribution in [0.2, 0.25) is 4.47 Å². The number of thiazole rings is 1. The smallest absolute Gasteiger partial charge is 0.273 e. The van der Waals surface area contributed by atoms with Gasteiger partial charge in [0.15, 0.2) is 8.68 Å². The van der Waals surface area contributed by atoms with Gasteiger partial charge < -0.3 is 5.11 Å². The number of hydrogen-bond acceptors (Lipinski definition) is 5. The highest BCUT2D eigenvalue weighted by Gasteiger charge is 2.22. The number of aliphatic hydroxyl groups is 1. The van der Waals surface area contributed by atoms with Gasteiger partial charge in [-0.05, 0) is 13.0 Å². The maximum absolute atomic E-state index is 12.2. The molecule has 0 saturated heterocycles. The molecule has 1 aromatic carbocycles. The fourth-order valence-electron chi connectivity index (χ4n) is 1.55. The molecular formula is C11H11ClN2O3S2. The van der Waals surface area contributed by atoms with Crippen molar-refractivity contribution < 1.29 is 13.5 Å². The molecule has 2 aromatic rings. The molecule has 1 heterocycles. The molecule has 1 aromatic heterocycles. The highest BCUT2D eigenvalue weighted by Crippen LogP contribution is 2.29. The topological polar surface area (TPSA) is 79.3 Å². The van der Waals surface area contributed by atoms with Crippen molar-refractivity contribution >= 4 is 38.6 Å². The Morgan fingerprint density at radius 1 is 1.42 bits per heavy atom. The van der Waals surface area contributed by atoms with Crippen LogP contribution in [0.1, 0.15) is 11.3 Å². The molecule has 0 aliphatic rings. The van der Waals surface area contributed by atoms with E-state index in [2.05, 4.69) is 9.71 Å². The summed E-state index contributed by atoms with van der Waals surface area (Å²) in [6.07, 6.45) is 0. The third-order valence-electron chi connectivity index (χ3n) is 2.40. The van der Waals surface area contributed by atoms with E-state index < -0.39 is 10.0 Å². The minimum Gasteiger partial charge on any atom is -0.392 e. The summed E-state index contributed by atoms with van der Waals surface area (Å²) >= 11 is 6.60. The molecule has 0 saturated carbocycles. The van der Waals surface area contributed by atoms with Crippen LogP contribution < -0.4 is 4.72 Å². The Labute approximate surface area is 119 Å². The number of halogens is 1. The number of benzene rings is 1. The Kier molecular flexibility index (Phi) is 4.10. The first kappa shape index (κ1) is 14.3. The number of aliphatic hydroxyl groups excluding tert-OH is 1. The molecule has 0 aliphatic heterocycles. The van der Waals surface area contributed by atoms with Crippen LogP contribution in [0.15, 0.2) is 28.5 Å². The van der Waals surface area contributed by atoms with Crippen molar-refractivity contribution in [1.29, 1.82) is 0 Å². The molecule has 0 atom stereocenters. The van der Waals surface area contributed by atoms with Gasteiger partial charge >= 0.3 is 0 Å². The number of hydrogen-bond donors (Lipinski definition) is 2. The van der Waals surface area contributed by atoms with Gasteiger partial charge in [0.25, 0.3) is 10.0 Å². The second-order valence-corrected chi connectivity index (χ2v) is 7.22. The number of aromatic nitrogens is 1. The third kappa shape index (κ3) is 3.06. The molecule has 0 radical (unpaired) electrons. The zero-order valence-electron chi connectivity index (χ0n) is 9.92. The SMILES string of the molecule is Cc1nc(Cl)sc1S(=O)(=O)Nc1ccccc1CO. The summed E-state index contributed by atoms with van der Waals surface area (Å²) < 4.78 is 27.1. The monoisotopic (exact) mass is 318 g/mol. The molecule has 0 bridgehead atoms. The van der Waals surface area contributed by atoms with Crippen molar-refractivity contribution in [3.8, 4) is 0 Å². The number of nitrogens with one attached hydrogen (secondary N) is 1. The van der Waals surface area contributed by atoms with Gasteiger partial charge in [0.05, 0.1) is 18.0 Å². The van der Waals surface area contributed by atoms with Crippen molar-refractivity contribution in [3.63, 3.8) is 0 Å². The Morgan fingerprint density at radius 2 is 2.11 bits per heavy atom. The van der Waals surface area contributed by atoms with Crippen LogP contribution in [-0.4, -0.2) is 18.5 Å². The number of anilines is 1. The number of para-hydroxylation sites is 1. The zero-order chi connectivity index (χ0) is 14.0. The van der Waals surface area contributed by atoms with Gasteiger partial charge in [-0.25, -0.2) is 13.4 Å². The average Bonchev–Trinajstić information content (AvgIpc) is 2.69. The minimum atomic E-state index is -3.75. The van der Waals surface area contributed by atoms with Crippen LogP contribution in [0.3, 0.4) is 0 Å². The van der Waals surface area contributed by atoms with Crippen LogP contribution in [0.4, 0.5) is 5.69 Å². The minimum absolute atomic E-state index is 0.0743. The van der Waals surface area contributed by atoms with Crippen LogP contribution >= 0.6 is 22.9 Å². The van der Waals surface area contributed by atoms with Gasteiger partial charge in [0.2, 0.25) is 0 Å². The van der Waals surface area contributed by atoms with Crippen molar-refractivity contribution in [2.75, 3.05) is 4.72 Å². The van der Waals surface area contributed by atoms with Crippen LogP contribution in [0, 0.1) is 6.92 Å². The summed E-state index contributed by atoms with van der Waals surface area (Å²) in [5.74, 6) is 0. The first-order valence-electron chi connectivity index (χ1n) is 5.28. The summed E-state index contributed by atoms with van der Waals surface area (Å²) in [6, 6.07) is 6.63. The van der Waals surface area contributed by atoms with E-state index in [1.807, 2.05) is 0 Å². The highest BCUT2D eigenvalue weighted by molar-refractivity contribution is 7.94. The van der Waals surface area contributed by atoms with Crippen molar-refractivity contribution in [2.24, 2.45) is 0 Å². The van der Waals surface area contributed by atoms with E-state index in [0.717, 1.165) is 11.3 Å². The number of aryl methyl sites for hydroxylation is 1. The fourth-order valence-corrected chi connectivity index (χ4v) is 4.39. The first-order valence-corrected chi connectivity index (χ1v) is 7.96. The summed E-state index contributed by atoms with van der Waals surface area (Å²) in [5.41, 5.74) is 1.19. The second kappa shape index (κ2) is 5.46. The summed E-state index contributed by atoms with van der Waals surface area (Å²) in [6.45, 7) is 1.33. The molecule has 102 valence electrons. The molecule has 0 fully saturated rings. The molecule has 0 amide bonds. The van der Waals surface area contributed by atoms with E-state index in [1.165, 1.54) is 0 Å². The third-order valence-corrected chi connectivity index (χ3v) is 5.64. The van der Waals surface area contributed by atoms with Gasteiger partial charge in [-0.15, -0.1) is 0 Å². The lowest BCUT2D eigenvalue weighted by atomic mass is 10.2. The highest BCUT2D eigenvalue weighted by atomic mass is 35.5. The van der Waals surface area contributed by atoms with Crippen LogP contribution in [-0.2, 0) is 16.6 Å². The van der Waals surface area contributed by atoms with E-state index in [4.69, 9.17) is 11.6 Å². The van der Waals surface area contributed by atoms with Crippen LogP contribution in [0.25, 0.3) is 0 Å². The standard InChI is InChI=1S/C11H11ClN2O3S2/c1-7-10(18-11(12)13-7)19(16,17)14-9-5-3-2-4-8(9)6-15/h2-5,14-15H,6H2,1H3. The Hall–Kier alpha value is -1.15. The van der Waals surface area contributed by atoms with Crippen molar-refractivity contribution in [3.05, 3.63) is 40.0 Å². The van der Waals surface area contributed by atoms with Gasteiger partial charge in [0, 0.05) is 5.56 Å². The van der Waals surface area contributed by atoms with Crippen LogP contribution in [0.5, 0.6) is 0 Å². The molecular weight excluding hydrogens is 308 g/mol. The Morgan fingerprint density at radius 3 is 2.68 bits per heavy atom. The first-order chi connectivity index (χ1) is 8.94. The summed E-state index contributed by atoms with van der Waals surface area (Å²) in [4.78, 5) is 3.88. The molecule has 0 spiro atoms. The lowest BCUT2D eigenvalue weighted by Crippen LogP contribution is -2.14. The lowest BCUT2D eigenvalue weighted by Gasteiger charge is -2.10. The quantitative estimate of drug-likeness (QED) is 0.907. The normalized spacial score (nSPS) is 11.5. The van der Waals surface area contributed by atoms with Gasteiger partial charge in [-0.1, -0.05) is 41.1 Å².